The SMILES string of the molecule is CC(C)=CCC(OCc1cccc(C(=O)c2ccccc2)c1)/C(C)=C/CC/C(C)=C/CSC[C@H](NS(C)(=O)=O)C(=O)O. The van der Waals surface area contributed by atoms with Crippen molar-refractivity contribution in [3.8, 4) is 0 Å². The summed E-state index contributed by atoms with van der Waals surface area (Å²) in [6.45, 7) is 8.64. The Morgan fingerprint density at radius 1 is 0.976 bits per heavy atom. The second-order valence-electron chi connectivity index (χ2n) is 10.6. The molecule has 2 aromatic carbocycles. The number of thioether (sulfide) groups is 1. The van der Waals surface area contributed by atoms with Crippen molar-refractivity contribution in [1.29, 1.82) is 0 Å². The Balaban J connectivity index is 1.94. The highest BCUT2D eigenvalue weighted by molar-refractivity contribution is 7.99. The average Bonchev–Trinajstić information content (AvgIpc) is 2.94. The highest BCUT2D eigenvalue weighted by atomic mass is 32.2. The normalized spacial score (nSPS) is 13.8. The van der Waals surface area contributed by atoms with Crippen LogP contribution < -0.4 is 4.72 Å². The fourth-order valence-electron chi connectivity index (χ4n) is 4.05. The Labute approximate surface area is 255 Å². The standard InChI is InChI=1S/C33H43NO6S2/c1-24(2)17-18-31(40-22-27-13-10-16-29(21-27)32(35)28-14-7-6-8-15-28)26(4)12-9-11-25(3)19-20-41-23-30(33(36)37)34-42(5,38)39/h6-8,10,12-17,19,21,30-31,34H,9,11,18,20,22-23H2,1-5H3,(H,36,37)/b25-19+,26-12+/t30-,31?/m0/s1. The van der Waals surface area contributed by atoms with E-state index in [1.165, 1.54) is 22.9 Å². The van der Waals surface area contributed by atoms with E-state index in [0.717, 1.165) is 36.7 Å². The molecule has 0 aromatic heterocycles. The molecule has 0 aliphatic heterocycles. The molecule has 1 unspecified atom stereocenters. The van der Waals surface area contributed by atoms with Crippen LogP contribution in [0.15, 0.2) is 89.5 Å². The Bertz CT molecular complexity index is 1380. The van der Waals surface area contributed by atoms with Gasteiger partial charge in [-0.05, 0) is 64.2 Å². The van der Waals surface area contributed by atoms with Crippen molar-refractivity contribution in [2.75, 3.05) is 17.8 Å². The van der Waals surface area contributed by atoms with Crippen LogP contribution in [0.3, 0.4) is 0 Å². The highest BCUT2D eigenvalue weighted by Gasteiger charge is 2.21. The minimum atomic E-state index is -3.59. The molecule has 0 heterocycles. The Morgan fingerprint density at radius 2 is 1.67 bits per heavy atom. The first-order valence-electron chi connectivity index (χ1n) is 13.9. The molecule has 42 heavy (non-hydrogen) atoms. The molecule has 0 aliphatic rings. The summed E-state index contributed by atoms with van der Waals surface area (Å²) in [7, 11) is -3.59. The maximum Gasteiger partial charge on any atom is 0.322 e. The number of carboxylic acids is 1. The van der Waals surface area contributed by atoms with Crippen molar-refractivity contribution in [2.45, 2.75) is 65.7 Å². The van der Waals surface area contributed by atoms with Gasteiger partial charge in [-0.25, -0.2) is 13.1 Å². The maximum atomic E-state index is 12.9. The van der Waals surface area contributed by atoms with E-state index in [1.807, 2.05) is 67.6 Å². The van der Waals surface area contributed by atoms with E-state index in [9.17, 15) is 23.1 Å². The topological polar surface area (TPSA) is 110 Å². The van der Waals surface area contributed by atoms with Gasteiger partial charge in [0.15, 0.2) is 5.78 Å². The first-order chi connectivity index (χ1) is 19.9. The minimum absolute atomic E-state index is 0.0104. The van der Waals surface area contributed by atoms with Crippen LogP contribution in [0.4, 0.5) is 0 Å². The smallest absolute Gasteiger partial charge is 0.322 e. The summed E-state index contributed by atoms with van der Waals surface area (Å²) in [5, 5.41) is 9.22. The Kier molecular flexibility index (Phi) is 15.0. The lowest BCUT2D eigenvalue weighted by molar-refractivity contribution is -0.138. The minimum Gasteiger partial charge on any atom is -0.480 e. The molecule has 0 amide bonds. The average molecular weight is 614 g/mol. The monoisotopic (exact) mass is 613 g/mol. The first kappa shape index (κ1) is 35.2. The number of hydrogen-bond donors (Lipinski definition) is 2. The zero-order valence-electron chi connectivity index (χ0n) is 25.1. The zero-order valence-corrected chi connectivity index (χ0v) is 26.8. The van der Waals surface area contributed by atoms with E-state index in [4.69, 9.17) is 4.74 Å². The van der Waals surface area contributed by atoms with Crippen LogP contribution >= 0.6 is 11.8 Å². The van der Waals surface area contributed by atoms with Gasteiger partial charge in [0.05, 0.1) is 19.0 Å². The van der Waals surface area contributed by atoms with E-state index >= 15 is 0 Å². The molecule has 2 atom stereocenters. The summed E-state index contributed by atoms with van der Waals surface area (Å²) in [6.07, 6.45) is 9.71. The third-order valence-electron chi connectivity index (χ3n) is 6.42. The molecule has 0 saturated heterocycles. The largest absolute Gasteiger partial charge is 0.480 e. The van der Waals surface area contributed by atoms with E-state index < -0.39 is 22.0 Å². The summed E-state index contributed by atoms with van der Waals surface area (Å²) in [5.74, 6) is -0.448. The number of nitrogens with one attached hydrogen (secondary N) is 1. The van der Waals surface area contributed by atoms with Gasteiger partial charge in [0.1, 0.15) is 6.04 Å². The zero-order chi connectivity index (χ0) is 31.1. The first-order valence-corrected chi connectivity index (χ1v) is 16.9. The fourth-order valence-corrected chi connectivity index (χ4v) is 5.85. The molecule has 7 nitrogen and oxygen atoms in total. The fraction of sp³-hybridized carbons (Fsp3) is 0.394. The van der Waals surface area contributed by atoms with Crippen molar-refractivity contribution in [3.63, 3.8) is 0 Å². The lowest BCUT2D eigenvalue weighted by atomic mass is 10.0. The number of ketones is 1. The van der Waals surface area contributed by atoms with E-state index in [2.05, 4.69) is 37.6 Å². The van der Waals surface area contributed by atoms with Crippen LogP contribution in [0.1, 0.15) is 68.4 Å². The third-order valence-corrected chi connectivity index (χ3v) is 8.10. The number of benzene rings is 2. The number of carboxylic acid groups (broad SMARTS) is 1. The molecule has 0 spiro atoms. The summed E-state index contributed by atoms with van der Waals surface area (Å²) in [4.78, 5) is 24.2. The molecular weight excluding hydrogens is 570 g/mol. The molecular formula is C33H43NO6S2. The molecule has 0 saturated carbocycles. The van der Waals surface area contributed by atoms with E-state index in [-0.39, 0.29) is 17.6 Å². The van der Waals surface area contributed by atoms with Gasteiger partial charge >= 0.3 is 5.97 Å². The number of rotatable bonds is 18. The van der Waals surface area contributed by atoms with Gasteiger partial charge in [-0.1, -0.05) is 77.9 Å². The number of allylic oxidation sites excluding steroid dienone is 3. The molecule has 0 aliphatic carbocycles. The number of aliphatic carboxylic acids is 1. The number of sulfonamides is 1. The van der Waals surface area contributed by atoms with Crippen molar-refractivity contribution >= 4 is 33.5 Å². The Morgan fingerprint density at radius 3 is 2.31 bits per heavy atom. The molecule has 2 N–H and O–H groups in total. The van der Waals surface area contributed by atoms with Gasteiger partial charge in [-0.2, -0.15) is 11.8 Å². The molecule has 0 radical (unpaired) electrons. The molecule has 2 rings (SSSR count). The summed E-state index contributed by atoms with van der Waals surface area (Å²) in [6, 6.07) is 15.7. The Hall–Kier alpha value is -2.98. The lowest BCUT2D eigenvalue weighted by Crippen LogP contribution is -2.42. The number of carbonyl (C=O) groups excluding carboxylic acids is 1. The second-order valence-corrected chi connectivity index (χ2v) is 13.4. The summed E-state index contributed by atoms with van der Waals surface area (Å²) in [5.41, 5.74) is 5.78. The van der Waals surface area contributed by atoms with Gasteiger partial charge in [0.25, 0.3) is 0 Å². The summed E-state index contributed by atoms with van der Waals surface area (Å²) >= 11 is 1.37. The van der Waals surface area contributed by atoms with Crippen molar-refractivity contribution in [2.24, 2.45) is 0 Å². The number of hydrogen-bond acceptors (Lipinski definition) is 6. The van der Waals surface area contributed by atoms with Crippen LogP contribution in [0.25, 0.3) is 0 Å². The van der Waals surface area contributed by atoms with Gasteiger partial charge in [-0.3, -0.25) is 9.59 Å². The molecule has 0 bridgehead atoms. The predicted molar refractivity (Wildman–Crippen MR) is 172 cm³/mol. The van der Waals surface area contributed by atoms with Crippen LogP contribution in [-0.4, -0.2) is 55.2 Å². The molecule has 0 fully saturated rings. The van der Waals surface area contributed by atoms with Crippen LogP contribution in [0, 0.1) is 0 Å². The van der Waals surface area contributed by atoms with Gasteiger partial charge in [-0.15, -0.1) is 0 Å². The predicted octanol–water partition coefficient (Wildman–Crippen LogP) is 6.57. The summed E-state index contributed by atoms with van der Waals surface area (Å²) < 4.78 is 31.2. The quantitative estimate of drug-likeness (QED) is 0.111. The second kappa shape index (κ2) is 17.9. The lowest BCUT2D eigenvalue weighted by Gasteiger charge is -2.18. The van der Waals surface area contributed by atoms with Crippen molar-refractivity contribution < 1.29 is 27.9 Å². The van der Waals surface area contributed by atoms with Gasteiger partial charge in [0.2, 0.25) is 10.0 Å². The maximum absolute atomic E-state index is 12.9. The number of ether oxygens (including phenoxy) is 1. The molecule has 228 valence electrons. The molecule has 9 heteroatoms. The van der Waals surface area contributed by atoms with Crippen LogP contribution in [0.2, 0.25) is 0 Å². The van der Waals surface area contributed by atoms with Gasteiger partial charge in [0, 0.05) is 22.6 Å². The van der Waals surface area contributed by atoms with Crippen molar-refractivity contribution in [3.05, 3.63) is 106 Å². The molecule has 2 aromatic rings. The van der Waals surface area contributed by atoms with E-state index in [0.29, 0.717) is 23.5 Å². The van der Waals surface area contributed by atoms with Crippen LogP contribution in [0.5, 0.6) is 0 Å². The van der Waals surface area contributed by atoms with E-state index in [1.54, 1.807) is 0 Å². The number of carbonyl (C=O) groups is 2. The highest BCUT2D eigenvalue weighted by Crippen LogP contribution is 2.19. The van der Waals surface area contributed by atoms with Crippen LogP contribution in [-0.2, 0) is 26.2 Å². The van der Waals surface area contributed by atoms with Gasteiger partial charge < -0.3 is 9.84 Å². The van der Waals surface area contributed by atoms with Crippen molar-refractivity contribution in [1.82, 2.24) is 4.72 Å². The third kappa shape index (κ3) is 13.8.